The molecule has 1 aliphatic rings. The second-order valence-electron chi connectivity index (χ2n) is 6.35. The highest BCUT2D eigenvalue weighted by atomic mass is 35.5. The molecule has 1 aromatic carbocycles. The molecule has 0 aliphatic heterocycles. The van der Waals surface area contributed by atoms with E-state index in [9.17, 15) is 4.79 Å². The van der Waals surface area contributed by atoms with E-state index >= 15 is 0 Å². The molecule has 3 N–H and O–H groups in total. The number of nitrogens with zero attached hydrogens (tertiary/aromatic N) is 2. The van der Waals surface area contributed by atoms with Gasteiger partial charge in [-0.05, 0) is 30.4 Å². The van der Waals surface area contributed by atoms with Gasteiger partial charge in [-0.25, -0.2) is 4.98 Å². The first kappa shape index (κ1) is 21.5. The second kappa shape index (κ2) is 10.4. The van der Waals surface area contributed by atoms with Gasteiger partial charge in [0.05, 0.1) is 6.33 Å². The van der Waals surface area contributed by atoms with Gasteiger partial charge in [-0.3, -0.25) is 4.79 Å². The van der Waals surface area contributed by atoms with Crippen molar-refractivity contribution in [2.45, 2.75) is 44.8 Å². The molecular weight excluding hydrogens is 359 g/mol. The lowest BCUT2D eigenvalue weighted by Gasteiger charge is -2.25. The number of halogens is 2. The minimum Gasteiger partial charge on any atom is -0.352 e. The van der Waals surface area contributed by atoms with Gasteiger partial charge in [-0.1, -0.05) is 30.7 Å². The van der Waals surface area contributed by atoms with Gasteiger partial charge in [0.15, 0.2) is 0 Å². The van der Waals surface area contributed by atoms with Crippen LogP contribution in [0.15, 0.2) is 43.0 Å². The minimum atomic E-state index is 0. The molecule has 3 rings (SSSR count). The predicted octanol–water partition coefficient (Wildman–Crippen LogP) is 2.91. The summed E-state index contributed by atoms with van der Waals surface area (Å²) in [4.78, 5) is 16.4. The quantitative estimate of drug-likeness (QED) is 0.831. The lowest BCUT2D eigenvalue weighted by Crippen LogP contribution is -2.37. The van der Waals surface area contributed by atoms with Crippen molar-refractivity contribution in [3.05, 3.63) is 54.1 Å². The molecule has 1 aromatic heterocycles. The van der Waals surface area contributed by atoms with Crippen molar-refractivity contribution in [1.29, 1.82) is 0 Å². The van der Waals surface area contributed by atoms with E-state index in [0.717, 1.165) is 37.8 Å². The van der Waals surface area contributed by atoms with E-state index in [-0.39, 0.29) is 42.7 Å². The highest BCUT2D eigenvalue weighted by molar-refractivity contribution is 5.85. The SMILES string of the molecule is Cl.Cl.NC1CCCC(C(=O)NCc2ccccc2Cn2ccnc2)C1. The van der Waals surface area contributed by atoms with E-state index in [1.54, 1.807) is 12.5 Å². The number of aromatic nitrogens is 2. The van der Waals surface area contributed by atoms with Gasteiger partial charge in [-0.2, -0.15) is 0 Å². The number of hydrogen-bond acceptors (Lipinski definition) is 3. The Hall–Kier alpha value is -1.56. The fraction of sp³-hybridized carbons (Fsp3) is 0.444. The van der Waals surface area contributed by atoms with Crippen molar-refractivity contribution < 1.29 is 4.79 Å². The van der Waals surface area contributed by atoms with Crippen LogP contribution in [0.2, 0.25) is 0 Å². The summed E-state index contributed by atoms with van der Waals surface area (Å²) in [6, 6.07) is 8.37. The van der Waals surface area contributed by atoms with E-state index in [1.165, 1.54) is 5.56 Å². The van der Waals surface area contributed by atoms with E-state index < -0.39 is 0 Å². The molecule has 1 heterocycles. The molecule has 1 amide bonds. The molecule has 2 unspecified atom stereocenters. The summed E-state index contributed by atoms with van der Waals surface area (Å²) in [5.41, 5.74) is 8.33. The maximum absolute atomic E-state index is 12.4. The molecular formula is C18H26Cl2N4O. The summed E-state index contributed by atoms with van der Waals surface area (Å²) in [6.07, 6.45) is 9.38. The average molecular weight is 385 g/mol. The third-order valence-electron chi connectivity index (χ3n) is 4.57. The summed E-state index contributed by atoms with van der Waals surface area (Å²) in [5, 5.41) is 3.09. The van der Waals surface area contributed by atoms with Gasteiger partial charge in [0.25, 0.3) is 0 Å². The Kier molecular flexibility index (Phi) is 8.97. The van der Waals surface area contributed by atoms with E-state index in [1.807, 2.05) is 22.9 Å². The summed E-state index contributed by atoms with van der Waals surface area (Å²) < 4.78 is 2.03. The Labute approximate surface area is 161 Å². The number of rotatable bonds is 5. The molecule has 1 aliphatic carbocycles. The first-order chi connectivity index (χ1) is 11.2. The highest BCUT2D eigenvalue weighted by Gasteiger charge is 2.25. The van der Waals surface area contributed by atoms with Crippen LogP contribution >= 0.6 is 24.8 Å². The van der Waals surface area contributed by atoms with Crippen LogP contribution in [0, 0.1) is 5.92 Å². The molecule has 138 valence electrons. The van der Waals surface area contributed by atoms with Gasteiger partial charge >= 0.3 is 0 Å². The standard InChI is InChI=1S/C18H24N4O.2ClH/c19-17-7-3-6-14(10-17)18(23)21-11-15-4-1-2-5-16(15)12-22-9-8-20-13-22;;/h1-2,4-5,8-9,13-14,17H,3,6-7,10-12,19H2,(H,21,23);2*1H. The molecule has 5 nitrogen and oxygen atoms in total. The third kappa shape index (κ3) is 6.03. The zero-order chi connectivity index (χ0) is 16.1. The fourth-order valence-corrected chi connectivity index (χ4v) is 3.25. The van der Waals surface area contributed by atoms with Crippen LogP contribution in [0.25, 0.3) is 0 Å². The van der Waals surface area contributed by atoms with Crippen LogP contribution in [-0.4, -0.2) is 21.5 Å². The van der Waals surface area contributed by atoms with E-state index in [2.05, 4.69) is 22.4 Å². The first-order valence-corrected chi connectivity index (χ1v) is 8.28. The Morgan fingerprint density at radius 1 is 1.24 bits per heavy atom. The normalized spacial score (nSPS) is 19.4. The first-order valence-electron chi connectivity index (χ1n) is 8.28. The molecule has 0 saturated heterocycles. The molecule has 1 fully saturated rings. The maximum atomic E-state index is 12.4. The smallest absolute Gasteiger partial charge is 0.223 e. The van der Waals surface area contributed by atoms with Crippen LogP contribution in [0.4, 0.5) is 0 Å². The number of nitrogens with two attached hydrogens (primary N) is 1. The monoisotopic (exact) mass is 384 g/mol. The minimum absolute atomic E-state index is 0. The van der Waals surface area contributed by atoms with Gasteiger partial charge in [0, 0.05) is 37.4 Å². The summed E-state index contributed by atoms with van der Waals surface area (Å²) in [7, 11) is 0. The largest absolute Gasteiger partial charge is 0.352 e. The number of amides is 1. The van der Waals surface area contributed by atoms with Crippen molar-refractivity contribution in [3.63, 3.8) is 0 Å². The predicted molar refractivity (Wildman–Crippen MR) is 104 cm³/mol. The summed E-state index contributed by atoms with van der Waals surface area (Å²) >= 11 is 0. The molecule has 2 atom stereocenters. The van der Waals surface area contributed by atoms with Crippen molar-refractivity contribution in [2.24, 2.45) is 11.7 Å². The van der Waals surface area contributed by atoms with Gasteiger partial charge < -0.3 is 15.6 Å². The number of carbonyl (C=O) groups is 1. The van der Waals surface area contributed by atoms with Gasteiger partial charge in [-0.15, -0.1) is 24.8 Å². The topological polar surface area (TPSA) is 72.9 Å². The highest BCUT2D eigenvalue weighted by Crippen LogP contribution is 2.23. The average Bonchev–Trinajstić information content (AvgIpc) is 3.07. The number of benzene rings is 1. The molecule has 1 saturated carbocycles. The van der Waals surface area contributed by atoms with Gasteiger partial charge in [0.1, 0.15) is 0 Å². The van der Waals surface area contributed by atoms with Crippen LogP contribution in [0.1, 0.15) is 36.8 Å². The number of hydrogen-bond donors (Lipinski definition) is 2. The Bertz CT molecular complexity index is 648. The molecule has 0 bridgehead atoms. The zero-order valence-corrected chi connectivity index (χ0v) is 15.8. The third-order valence-corrected chi connectivity index (χ3v) is 4.57. The lowest BCUT2D eigenvalue weighted by molar-refractivity contribution is -0.126. The Balaban J connectivity index is 0.00000156. The molecule has 0 spiro atoms. The molecule has 0 radical (unpaired) electrons. The number of nitrogens with one attached hydrogen (secondary N) is 1. The van der Waals surface area contributed by atoms with Gasteiger partial charge in [0.2, 0.25) is 5.91 Å². The van der Waals surface area contributed by atoms with Crippen molar-refractivity contribution >= 4 is 30.7 Å². The van der Waals surface area contributed by atoms with Crippen molar-refractivity contribution in [3.8, 4) is 0 Å². The number of carbonyl (C=O) groups excluding carboxylic acids is 1. The zero-order valence-electron chi connectivity index (χ0n) is 14.1. The van der Waals surface area contributed by atoms with Crippen molar-refractivity contribution in [2.75, 3.05) is 0 Å². The van der Waals surface area contributed by atoms with Crippen LogP contribution in [0.5, 0.6) is 0 Å². The fourth-order valence-electron chi connectivity index (χ4n) is 3.25. The molecule has 25 heavy (non-hydrogen) atoms. The maximum Gasteiger partial charge on any atom is 0.223 e. The lowest BCUT2D eigenvalue weighted by atomic mass is 9.85. The van der Waals surface area contributed by atoms with Crippen LogP contribution in [0.3, 0.4) is 0 Å². The second-order valence-corrected chi connectivity index (χ2v) is 6.35. The Morgan fingerprint density at radius 3 is 2.68 bits per heavy atom. The van der Waals surface area contributed by atoms with Crippen molar-refractivity contribution in [1.82, 2.24) is 14.9 Å². The number of imidazole rings is 1. The van der Waals surface area contributed by atoms with E-state index in [0.29, 0.717) is 6.54 Å². The summed E-state index contributed by atoms with van der Waals surface area (Å²) in [5.74, 6) is 0.206. The molecule has 7 heteroatoms. The molecule has 2 aromatic rings. The van der Waals surface area contributed by atoms with E-state index in [4.69, 9.17) is 5.73 Å². The van der Waals surface area contributed by atoms with Crippen LogP contribution in [-0.2, 0) is 17.9 Å². The Morgan fingerprint density at radius 2 is 2.00 bits per heavy atom. The van der Waals surface area contributed by atoms with Crippen LogP contribution < -0.4 is 11.1 Å². The summed E-state index contributed by atoms with van der Waals surface area (Å²) in [6.45, 7) is 1.33.